The molecule has 18 heavy (non-hydrogen) atoms. The average Bonchev–Trinajstić information content (AvgIpc) is 2.80. The molecule has 1 aromatic carbocycles. The van der Waals surface area contributed by atoms with E-state index < -0.39 is 0 Å². The van der Waals surface area contributed by atoms with Crippen molar-refractivity contribution in [2.24, 2.45) is 11.7 Å². The van der Waals surface area contributed by atoms with Crippen LogP contribution in [0.1, 0.15) is 42.9 Å². The number of rotatable bonds is 5. The van der Waals surface area contributed by atoms with Gasteiger partial charge in [0.25, 0.3) is 0 Å². The van der Waals surface area contributed by atoms with Crippen LogP contribution in [0, 0.1) is 12.8 Å². The van der Waals surface area contributed by atoms with Crippen LogP contribution in [-0.2, 0) is 13.1 Å². The van der Waals surface area contributed by atoms with Crippen LogP contribution < -0.4 is 5.73 Å². The number of nitrogens with two attached hydrogens (primary N) is 1. The number of nitrogens with zero attached hydrogens (tertiary/aromatic N) is 1. The van der Waals surface area contributed by atoms with Crippen molar-refractivity contribution in [1.29, 1.82) is 0 Å². The zero-order valence-electron chi connectivity index (χ0n) is 11.8. The van der Waals surface area contributed by atoms with Crippen LogP contribution in [0.15, 0.2) is 18.2 Å². The number of hydrogen-bond donors (Lipinski definition) is 1. The van der Waals surface area contributed by atoms with Crippen LogP contribution >= 0.6 is 0 Å². The van der Waals surface area contributed by atoms with E-state index in [1.807, 2.05) is 0 Å². The first-order chi connectivity index (χ1) is 8.72. The Labute approximate surface area is 111 Å². The van der Waals surface area contributed by atoms with Gasteiger partial charge in [-0.1, -0.05) is 31.5 Å². The van der Waals surface area contributed by atoms with Crippen molar-refractivity contribution < 1.29 is 0 Å². The van der Waals surface area contributed by atoms with E-state index in [9.17, 15) is 0 Å². The third kappa shape index (κ3) is 3.33. The first-order valence-corrected chi connectivity index (χ1v) is 7.23. The molecule has 1 aliphatic rings. The van der Waals surface area contributed by atoms with Gasteiger partial charge in [-0.25, -0.2) is 0 Å². The maximum atomic E-state index is 5.67. The fourth-order valence-electron chi connectivity index (χ4n) is 3.00. The summed E-state index contributed by atoms with van der Waals surface area (Å²) in [6.07, 6.45) is 4.10. The van der Waals surface area contributed by atoms with Crippen LogP contribution in [0.2, 0.25) is 0 Å². The molecule has 1 heterocycles. The van der Waals surface area contributed by atoms with Crippen molar-refractivity contribution >= 4 is 0 Å². The summed E-state index contributed by atoms with van der Waals surface area (Å²) in [6.45, 7) is 8.79. The monoisotopic (exact) mass is 246 g/mol. The highest BCUT2D eigenvalue weighted by Gasteiger charge is 2.21. The van der Waals surface area contributed by atoms with E-state index in [0.29, 0.717) is 6.54 Å². The Morgan fingerprint density at radius 3 is 2.89 bits per heavy atom. The van der Waals surface area contributed by atoms with Crippen LogP contribution in [0.4, 0.5) is 0 Å². The highest BCUT2D eigenvalue weighted by atomic mass is 15.1. The number of aryl methyl sites for hydroxylation is 1. The highest BCUT2D eigenvalue weighted by molar-refractivity contribution is 5.31. The summed E-state index contributed by atoms with van der Waals surface area (Å²) in [5.41, 5.74) is 9.76. The molecule has 0 aromatic heterocycles. The van der Waals surface area contributed by atoms with Crippen LogP contribution in [0.25, 0.3) is 0 Å². The number of hydrogen-bond acceptors (Lipinski definition) is 2. The molecule has 1 atom stereocenters. The average molecular weight is 246 g/mol. The second-order valence-corrected chi connectivity index (χ2v) is 5.64. The van der Waals surface area contributed by atoms with E-state index >= 15 is 0 Å². The van der Waals surface area contributed by atoms with E-state index in [2.05, 4.69) is 36.9 Å². The van der Waals surface area contributed by atoms with Crippen molar-refractivity contribution in [3.63, 3.8) is 0 Å². The van der Waals surface area contributed by atoms with Gasteiger partial charge < -0.3 is 5.73 Å². The predicted octanol–water partition coefficient (Wildman–Crippen LogP) is 3.08. The summed E-state index contributed by atoms with van der Waals surface area (Å²) in [7, 11) is 0. The summed E-state index contributed by atoms with van der Waals surface area (Å²) in [4.78, 5) is 2.60. The van der Waals surface area contributed by atoms with Crippen LogP contribution in [-0.4, -0.2) is 18.0 Å². The second kappa shape index (κ2) is 6.35. The molecule has 1 aliphatic heterocycles. The summed E-state index contributed by atoms with van der Waals surface area (Å²) < 4.78 is 0. The Bertz CT molecular complexity index is 387. The summed E-state index contributed by atoms with van der Waals surface area (Å²) in [5.74, 6) is 0.929. The molecule has 2 nitrogen and oxygen atoms in total. The van der Waals surface area contributed by atoms with Gasteiger partial charge in [0.1, 0.15) is 0 Å². The van der Waals surface area contributed by atoms with E-state index in [1.165, 1.54) is 49.0 Å². The molecule has 1 saturated heterocycles. The van der Waals surface area contributed by atoms with Crippen molar-refractivity contribution in [2.75, 3.05) is 13.1 Å². The fourth-order valence-corrected chi connectivity index (χ4v) is 3.00. The molecular weight excluding hydrogens is 220 g/mol. The predicted molar refractivity (Wildman–Crippen MR) is 77.4 cm³/mol. The van der Waals surface area contributed by atoms with Gasteiger partial charge in [0, 0.05) is 19.6 Å². The van der Waals surface area contributed by atoms with Crippen LogP contribution in [0.5, 0.6) is 0 Å². The molecule has 0 saturated carbocycles. The molecule has 0 bridgehead atoms. The Hall–Kier alpha value is -0.860. The number of likely N-dealkylation sites (tertiary alicyclic amines) is 1. The van der Waals surface area contributed by atoms with Gasteiger partial charge in [0.15, 0.2) is 0 Å². The second-order valence-electron chi connectivity index (χ2n) is 5.64. The Kier molecular flexibility index (Phi) is 4.79. The summed E-state index contributed by atoms with van der Waals surface area (Å²) in [5, 5.41) is 0. The lowest BCUT2D eigenvalue weighted by Gasteiger charge is -2.18. The first kappa shape index (κ1) is 13.6. The maximum Gasteiger partial charge on any atom is 0.0236 e. The zero-order valence-corrected chi connectivity index (χ0v) is 11.8. The van der Waals surface area contributed by atoms with Crippen molar-refractivity contribution in [3.8, 4) is 0 Å². The normalized spacial score (nSPS) is 20.5. The third-order valence-electron chi connectivity index (χ3n) is 4.10. The van der Waals surface area contributed by atoms with Gasteiger partial charge in [-0.3, -0.25) is 4.90 Å². The fraction of sp³-hybridized carbons (Fsp3) is 0.625. The quantitative estimate of drug-likeness (QED) is 0.865. The van der Waals surface area contributed by atoms with Crippen molar-refractivity contribution in [1.82, 2.24) is 4.90 Å². The van der Waals surface area contributed by atoms with Gasteiger partial charge in [0.05, 0.1) is 0 Å². The van der Waals surface area contributed by atoms with Gasteiger partial charge in [-0.15, -0.1) is 0 Å². The molecule has 100 valence electrons. The van der Waals surface area contributed by atoms with Crippen LogP contribution in [0.3, 0.4) is 0 Å². The lowest BCUT2D eigenvalue weighted by molar-refractivity contribution is 0.312. The Morgan fingerprint density at radius 2 is 2.22 bits per heavy atom. The minimum Gasteiger partial charge on any atom is -0.326 e. The lowest BCUT2D eigenvalue weighted by atomic mass is 10.0. The molecule has 0 spiro atoms. The summed E-state index contributed by atoms with van der Waals surface area (Å²) >= 11 is 0. The minimum atomic E-state index is 0.642. The molecule has 1 fully saturated rings. The molecule has 2 N–H and O–H groups in total. The van der Waals surface area contributed by atoms with Gasteiger partial charge in [-0.05, 0) is 48.9 Å². The Balaban J connectivity index is 1.94. The van der Waals surface area contributed by atoms with Gasteiger partial charge >= 0.3 is 0 Å². The molecule has 1 unspecified atom stereocenters. The SMILES string of the molecule is CCCC1CCN(Cc2ccc(CN)cc2C)C1. The standard InChI is InChI=1S/C16H26N2/c1-3-4-14-7-8-18(11-14)12-16-6-5-15(10-17)9-13(16)2/h5-6,9,14H,3-4,7-8,10-12,17H2,1-2H3. The molecule has 0 radical (unpaired) electrons. The lowest BCUT2D eigenvalue weighted by Crippen LogP contribution is -2.20. The minimum absolute atomic E-state index is 0.642. The van der Waals surface area contributed by atoms with E-state index in [1.54, 1.807) is 0 Å². The van der Waals surface area contributed by atoms with Crippen molar-refractivity contribution in [3.05, 3.63) is 34.9 Å². The molecule has 2 rings (SSSR count). The summed E-state index contributed by atoms with van der Waals surface area (Å²) in [6, 6.07) is 6.65. The Morgan fingerprint density at radius 1 is 1.39 bits per heavy atom. The van der Waals surface area contributed by atoms with Crippen molar-refractivity contribution in [2.45, 2.75) is 46.2 Å². The first-order valence-electron chi connectivity index (χ1n) is 7.23. The number of benzene rings is 1. The topological polar surface area (TPSA) is 29.3 Å². The molecule has 1 aromatic rings. The molecule has 2 heteroatoms. The maximum absolute atomic E-state index is 5.67. The van der Waals surface area contributed by atoms with E-state index in [4.69, 9.17) is 5.73 Å². The largest absolute Gasteiger partial charge is 0.326 e. The third-order valence-corrected chi connectivity index (χ3v) is 4.10. The highest BCUT2D eigenvalue weighted by Crippen LogP contribution is 2.23. The molecule has 0 aliphatic carbocycles. The van der Waals surface area contributed by atoms with E-state index in [-0.39, 0.29) is 0 Å². The smallest absolute Gasteiger partial charge is 0.0236 e. The molecular formula is C16H26N2. The van der Waals surface area contributed by atoms with Gasteiger partial charge in [0.2, 0.25) is 0 Å². The molecule has 0 amide bonds. The van der Waals surface area contributed by atoms with Gasteiger partial charge in [-0.2, -0.15) is 0 Å². The van der Waals surface area contributed by atoms with E-state index in [0.717, 1.165) is 12.5 Å². The zero-order chi connectivity index (χ0) is 13.0.